The van der Waals surface area contributed by atoms with Crippen LogP contribution in [0.1, 0.15) is 107 Å². The summed E-state index contributed by atoms with van der Waals surface area (Å²) in [6.45, 7) is 3.74. The van der Waals surface area contributed by atoms with Crippen LogP contribution in [0.4, 0.5) is 0 Å². The van der Waals surface area contributed by atoms with Crippen molar-refractivity contribution in [3.8, 4) is 17.2 Å². The lowest BCUT2D eigenvalue weighted by atomic mass is 9.90. The first-order chi connectivity index (χ1) is 17.2. The van der Waals surface area contributed by atoms with Crippen LogP contribution in [0.5, 0.6) is 17.2 Å². The van der Waals surface area contributed by atoms with Gasteiger partial charge >= 0.3 is 5.97 Å². The predicted molar refractivity (Wildman–Crippen MR) is 143 cm³/mol. The topological polar surface area (TPSA) is 44.8 Å². The van der Waals surface area contributed by atoms with Gasteiger partial charge in [0.1, 0.15) is 17.2 Å². The Morgan fingerprint density at radius 3 is 1.89 bits per heavy atom. The van der Waals surface area contributed by atoms with Gasteiger partial charge in [-0.3, -0.25) is 0 Å². The molecule has 0 aromatic heterocycles. The molecule has 0 aliphatic heterocycles. The van der Waals surface area contributed by atoms with Gasteiger partial charge in [0.05, 0.1) is 18.8 Å². The fraction of sp³-hybridized carbons (Fsp3) is 0.581. The third-order valence-electron chi connectivity index (χ3n) is 6.85. The summed E-state index contributed by atoms with van der Waals surface area (Å²) >= 11 is 0. The quantitative estimate of drug-likeness (QED) is 0.137. The lowest BCUT2D eigenvalue weighted by Gasteiger charge is -2.21. The summed E-state index contributed by atoms with van der Waals surface area (Å²) in [4.78, 5) is 12.5. The molecule has 1 aliphatic carbocycles. The van der Waals surface area contributed by atoms with Gasteiger partial charge in [0.2, 0.25) is 0 Å². The zero-order chi connectivity index (χ0) is 24.6. The highest BCUT2D eigenvalue weighted by atomic mass is 16.5. The molecule has 192 valence electrons. The molecule has 4 heteroatoms. The van der Waals surface area contributed by atoms with Crippen molar-refractivity contribution >= 4 is 5.97 Å². The number of carbonyl (C=O) groups excluding carboxylic acids is 1. The summed E-state index contributed by atoms with van der Waals surface area (Å²) < 4.78 is 17.3. The number of rotatable bonds is 16. The zero-order valence-electron chi connectivity index (χ0n) is 21.6. The van der Waals surface area contributed by atoms with Crippen molar-refractivity contribution in [3.05, 3.63) is 54.1 Å². The van der Waals surface area contributed by atoms with Gasteiger partial charge in [-0.1, -0.05) is 77.6 Å². The van der Waals surface area contributed by atoms with E-state index in [4.69, 9.17) is 14.2 Å². The molecular formula is C31H44O4. The molecule has 0 unspecified atom stereocenters. The normalized spacial score (nSPS) is 14.0. The number of benzene rings is 2. The molecular weight excluding hydrogens is 436 g/mol. The van der Waals surface area contributed by atoms with Crippen molar-refractivity contribution in [2.45, 2.75) is 96.8 Å². The lowest BCUT2D eigenvalue weighted by molar-refractivity contribution is 0.0734. The van der Waals surface area contributed by atoms with E-state index in [1.165, 1.54) is 83.5 Å². The summed E-state index contributed by atoms with van der Waals surface area (Å²) in [5.41, 5.74) is 0.512. The molecule has 0 heterocycles. The third-order valence-corrected chi connectivity index (χ3v) is 6.85. The van der Waals surface area contributed by atoms with Gasteiger partial charge in [-0.15, -0.1) is 0 Å². The number of hydrogen-bond donors (Lipinski definition) is 0. The first-order valence-corrected chi connectivity index (χ1v) is 13.9. The summed E-state index contributed by atoms with van der Waals surface area (Å²) in [5.74, 6) is 2.43. The van der Waals surface area contributed by atoms with Gasteiger partial charge in [-0.2, -0.15) is 0 Å². The molecule has 35 heavy (non-hydrogen) atoms. The van der Waals surface area contributed by atoms with Crippen molar-refractivity contribution in [1.29, 1.82) is 0 Å². The van der Waals surface area contributed by atoms with E-state index in [2.05, 4.69) is 6.92 Å². The standard InChI is InChI=1S/C31H44O4/c1-2-3-4-5-6-7-8-9-13-24-33-28-18-16-27(17-19-28)31(32)35-30-22-20-29(21-23-30)34-25-26-14-11-10-12-15-26/h16-23,26H,2-15,24-25H2,1H3. The van der Waals surface area contributed by atoms with Gasteiger partial charge in [0, 0.05) is 0 Å². The molecule has 0 N–H and O–H groups in total. The van der Waals surface area contributed by atoms with Gasteiger partial charge in [0.15, 0.2) is 0 Å². The average molecular weight is 481 g/mol. The number of hydrogen-bond acceptors (Lipinski definition) is 4. The maximum absolute atomic E-state index is 12.5. The second-order valence-electron chi connectivity index (χ2n) is 9.88. The Bertz CT molecular complexity index is 822. The molecule has 3 rings (SSSR count). The number of carbonyl (C=O) groups is 1. The van der Waals surface area contributed by atoms with Gasteiger partial charge in [-0.05, 0) is 73.7 Å². The van der Waals surface area contributed by atoms with Crippen LogP contribution >= 0.6 is 0 Å². The van der Waals surface area contributed by atoms with E-state index in [0.29, 0.717) is 17.2 Å². The molecule has 1 fully saturated rings. The second kappa shape index (κ2) is 16.2. The van der Waals surface area contributed by atoms with Crippen molar-refractivity contribution in [1.82, 2.24) is 0 Å². The van der Waals surface area contributed by atoms with Crippen molar-refractivity contribution in [2.75, 3.05) is 13.2 Å². The molecule has 1 saturated carbocycles. The molecule has 0 spiro atoms. The Hall–Kier alpha value is -2.49. The van der Waals surface area contributed by atoms with E-state index in [1.807, 2.05) is 24.3 Å². The van der Waals surface area contributed by atoms with E-state index in [1.54, 1.807) is 24.3 Å². The van der Waals surface area contributed by atoms with E-state index in [-0.39, 0.29) is 5.97 Å². The van der Waals surface area contributed by atoms with Crippen molar-refractivity contribution in [2.24, 2.45) is 5.92 Å². The minimum absolute atomic E-state index is 0.369. The minimum atomic E-state index is -0.369. The van der Waals surface area contributed by atoms with Crippen LogP contribution in [0.15, 0.2) is 48.5 Å². The first-order valence-electron chi connectivity index (χ1n) is 13.9. The Morgan fingerprint density at radius 2 is 1.23 bits per heavy atom. The Kier molecular flexibility index (Phi) is 12.6. The number of esters is 1. The van der Waals surface area contributed by atoms with Crippen LogP contribution in [0.25, 0.3) is 0 Å². The highest BCUT2D eigenvalue weighted by Gasteiger charge is 2.14. The highest BCUT2D eigenvalue weighted by Crippen LogP contribution is 2.25. The Morgan fingerprint density at radius 1 is 0.686 bits per heavy atom. The van der Waals surface area contributed by atoms with Crippen LogP contribution in [0.2, 0.25) is 0 Å². The molecule has 1 aliphatic rings. The molecule has 0 saturated heterocycles. The predicted octanol–water partition coefficient (Wildman–Crippen LogP) is 8.77. The van der Waals surface area contributed by atoms with Crippen molar-refractivity contribution in [3.63, 3.8) is 0 Å². The SMILES string of the molecule is CCCCCCCCCCCOc1ccc(C(=O)Oc2ccc(OCC3CCCCC3)cc2)cc1. The monoisotopic (exact) mass is 480 g/mol. The fourth-order valence-corrected chi connectivity index (χ4v) is 4.63. The lowest BCUT2D eigenvalue weighted by Crippen LogP contribution is -2.15. The van der Waals surface area contributed by atoms with Gasteiger partial charge < -0.3 is 14.2 Å². The maximum atomic E-state index is 12.5. The molecule has 0 bridgehead atoms. The van der Waals surface area contributed by atoms with Crippen LogP contribution in [-0.4, -0.2) is 19.2 Å². The summed E-state index contributed by atoms with van der Waals surface area (Å²) in [7, 11) is 0. The van der Waals surface area contributed by atoms with Crippen LogP contribution in [-0.2, 0) is 0 Å². The smallest absolute Gasteiger partial charge is 0.343 e. The minimum Gasteiger partial charge on any atom is -0.494 e. The highest BCUT2D eigenvalue weighted by molar-refractivity contribution is 5.91. The molecule has 0 amide bonds. The Balaban J connectivity index is 1.30. The second-order valence-corrected chi connectivity index (χ2v) is 9.88. The molecule has 2 aromatic carbocycles. The summed E-state index contributed by atoms with van der Waals surface area (Å²) in [6.07, 6.45) is 18.2. The summed E-state index contributed by atoms with van der Waals surface area (Å²) in [6, 6.07) is 14.5. The Labute approximate surface area is 212 Å². The van der Waals surface area contributed by atoms with Gasteiger partial charge in [0.25, 0.3) is 0 Å². The molecule has 4 nitrogen and oxygen atoms in total. The van der Waals surface area contributed by atoms with Crippen molar-refractivity contribution < 1.29 is 19.0 Å². The van der Waals surface area contributed by atoms with Crippen LogP contribution in [0, 0.1) is 5.92 Å². The number of unbranched alkanes of at least 4 members (excludes halogenated alkanes) is 8. The molecule has 0 radical (unpaired) electrons. The molecule has 0 atom stereocenters. The maximum Gasteiger partial charge on any atom is 0.343 e. The number of ether oxygens (including phenoxy) is 3. The zero-order valence-corrected chi connectivity index (χ0v) is 21.6. The van der Waals surface area contributed by atoms with E-state index in [0.717, 1.165) is 31.1 Å². The van der Waals surface area contributed by atoms with E-state index in [9.17, 15) is 4.79 Å². The van der Waals surface area contributed by atoms with E-state index >= 15 is 0 Å². The van der Waals surface area contributed by atoms with Gasteiger partial charge in [-0.25, -0.2) is 4.79 Å². The fourth-order valence-electron chi connectivity index (χ4n) is 4.63. The third kappa shape index (κ3) is 10.8. The largest absolute Gasteiger partial charge is 0.494 e. The van der Waals surface area contributed by atoms with Crippen LogP contribution < -0.4 is 14.2 Å². The van der Waals surface area contributed by atoms with Crippen LogP contribution in [0.3, 0.4) is 0 Å². The van der Waals surface area contributed by atoms with E-state index < -0.39 is 0 Å². The average Bonchev–Trinajstić information content (AvgIpc) is 2.90. The molecule has 2 aromatic rings. The first kappa shape index (κ1) is 27.1. The summed E-state index contributed by atoms with van der Waals surface area (Å²) in [5, 5.41) is 0.